The number of rotatable bonds is 2. The molecule has 6 aliphatic rings. The van der Waals surface area contributed by atoms with Crippen molar-refractivity contribution in [2.45, 2.75) is 38.9 Å². The number of fused-ring (bicyclic) bond motifs is 13. The SMILES string of the molecule is CC1(C)Oc2cc(C=C3C(=O)c4cc5cc6ccccc6cc5cc4C3=O)sc2C2=CC3C=C4C(=CC3C=C21)c1sc(C=C2C(=O)c3cc5cc6ccccc6cc5cc3C2=O)cc1OC4(C)C. The molecule has 68 heavy (non-hydrogen) atoms. The Morgan fingerprint density at radius 3 is 1.07 bits per heavy atom. The third-order valence-electron chi connectivity index (χ3n) is 14.6. The van der Waals surface area contributed by atoms with Gasteiger partial charge in [0.1, 0.15) is 22.7 Å². The molecule has 6 nitrogen and oxygen atoms in total. The molecule has 2 aromatic heterocycles. The summed E-state index contributed by atoms with van der Waals surface area (Å²) >= 11 is 3.07. The summed E-state index contributed by atoms with van der Waals surface area (Å²) in [5.74, 6) is 0.501. The molecule has 0 saturated carbocycles. The zero-order valence-corrected chi connectivity index (χ0v) is 38.9. The van der Waals surface area contributed by atoms with Crippen molar-refractivity contribution in [1.29, 1.82) is 0 Å². The first kappa shape index (κ1) is 39.6. The summed E-state index contributed by atoms with van der Waals surface area (Å²) in [7, 11) is 0. The van der Waals surface area contributed by atoms with Gasteiger partial charge in [-0.3, -0.25) is 19.2 Å². The summed E-state index contributed by atoms with van der Waals surface area (Å²) < 4.78 is 13.5. The number of hydrogen-bond donors (Lipinski definition) is 0. The summed E-state index contributed by atoms with van der Waals surface area (Å²) in [5.41, 5.74) is 5.16. The summed E-state index contributed by atoms with van der Waals surface area (Å²) in [6, 6.07) is 35.9. The van der Waals surface area contributed by atoms with Crippen molar-refractivity contribution in [1.82, 2.24) is 0 Å². The molecule has 326 valence electrons. The fraction of sp³-hybridized carbons (Fsp3) is 0.133. The maximum Gasteiger partial charge on any atom is 0.197 e. The minimum atomic E-state index is -0.656. The monoisotopic (exact) mass is 918 g/mol. The molecule has 6 aromatic carbocycles. The molecule has 0 saturated heterocycles. The van der Waals surface area contributed by atoms with E-state index in [1.54, 1.807) is 12.2 Å². The Hall–Kier alpha value is -7.52. The molecule has 0 radical (unpaired) electrons. The minimum absolute atomic E-state index is 0.0303. The van der Waals surface area contributed by atoms with E-state index < -0.39 is 11.2 Å². The lowest BCUT2D eigenvalue weighted by Crippen LogP contribution is -2.39. The summed E-state index contributed by atoms with van der Waals surface area (Å²) in [6.45, 7) is 8.34. The highest BCUT2D eigenvalue weighted by molar-refractivity contribution is 7.15. The van der Waals surface area contributed by atoms with E-state index >= 15 is 0 Å². The van der Waals surface area contributed by atoms with Gasteiger partial charge in [0.25, 0.3) is 0 Å². The normalized spacial score (nSPS) is 20.4. The molecule has 2 aliphatic heterocycles. The Morgan fingerprint density at radius 1 is 0.426 bits per heavy atom. The third kappa shape index (κ3) is 5.68. The molecule has 8 heteroatoms. The van der Waals surface area contributed by atoms with Crippen molar-refractivity contribution in [2.24, 2.45) is 11.8 Å². The highest BCUT2D eigenvalue weighted by atomic mass is 32.1. The highest BCUT2D eigenvalue weighted by Crippen LogP contribution is 2.56. The largest absolute Gasteiger partial charge is 0.482 e. The van der Waals surface area contributed by atoms with Crippen LogP contribution in [0.25, 0.3) is 66.4 Å². The molecule has 4 aliphatic carbocycles. The zero-order valence-electron chi connectivity index (χ0n) is 37.3. The molecule has 0 N–H and O–H groups in total. The molecule has 0 bridgehead atoms. The van der Waals surface area contributed by atoms with Crippen LogP contribution in [0.4, 0.5) is 0 Å². The Labute approximate surface area is 398 Å². The number of allylic oxidation sites excluding steroid dienone is 6. The number of thiophene rings is 2. The van der Waals surface area contributed by atoms with Gasteiger partial charge in [-0.05, 0) is 166 Å². The van der Waals surface area contributed by atoms with Gasteiger partial charge in [-0.1, -0.05) is 72.8 Å². The van der Waals surface area contributed by atoms with E-state index in [1.165, 1.54) is 22.7 Å². The van der Waals surface area contributed by atoms with Gasteiger partial charge < -0.3 is 9.47 Å². The number of hydrogen-bond acceptors (Lipinski definition) is 8. The first-order chi connectivity index (χ1) is 32.7. The van der Waals surface area contributed by atoms with Crippen LogP contribution in [0.3, 0.4) is 0 Å². The van der Waals surface area contributed by atoms with E-state index in [0.717, 1.165) is 96.4 Å². The Balaban J connectivity index is 0.785. The molecule has 14 rings (SSSR count). The van der Waals surface area contributed by atoms with E-state index in [9.17, 15) is 19.2 Å². The van der Waals surface area contributed by atoms with Gasteiger partial charge in [-0.15, -0.1) is 22.7 Å². The van der Waals surface area contributed by atoms with E-state index in [4.69, 9.17) is 9.47 Å². The average Bonchev–Trinajstić information content (AvgIpc) is 4.03. The number of ketones is 4. The number of Topliss-reactive ketones (excluding diaryl/α,β-unsaturated/α-hetero) is 4. The van der Waals surface area contributed by atoms with Crippen LogP contribution in [0.2, 0.25) is 0 Å². The van der Waals surface area contributed by atoms with E-state index in [2.05, 4.69) is 101 Å². The van der Waals surface area contributed by atoms with Crippen LogP contribution in [-0.4, -0.2) is 34.3 Å². The fourth-order valence-corrected chi connectivity index (χ4v) is 13.4. The number of carbonyl (C=O) groups excluding carboxylic acids is 4. The molecule has 8 aromatic rings. The molecule has 0 fully saturated rings. The lowest BCUT2D eigenvalue weighted by Gasteiger charge is -2.42. The Morgan fingerprint density at radius 2 is 0.750 bits per heavy atom. The first-order valence-electron chi connectivity index (χ1n) is 22.9. The summed E-state index contributed by atoms with van der Waals surface area (Å²) in [6.07, 6.45) is 12.8. The van der Waals surface area contributed by atoms with E-state index in [1.807, 2.05) is 60.7 Å². The highest BCUT2D eigenvalue weighted by Gasteiger charge is 2.45. The van der Waals surface area contributed by atoms with Gasteiger partial charge in [0.05, 0.1) is 20.9 Å². The second-order valence-corrected chi connectivity index (χ2v) is 21.9. The van der Waals surface area contributed by atoms with Crippen LogP contribution in [0.15, 0.2) is 156 Å². The van der Waals surface area contributed by atoms with Crippen LogP contribution in [0.1, 0.15) is 88.6 Å². The van der Waals surface area contributed by atoms with Gasteiger partial charge in [-0.2, -0.15) is 0 Å². The van der Waals surface area contributed by atoms with Crippen molar-refractivity contribution in [2.75, 3.05) is 0 Å². The van der Waals surface area contributed by atoms with Crippen molar-refractivity contribution in [3.63, 3.8) is 0 Å². The van der Waals surface area contributed by atoms with Crippen LogP contribution < -0.4 is 9.47 Å². The number of carbonyl (C=O) groups is 4. The van der Waals surface area contributed by atoms with E-state index in [0.29, 0.717) is 22.3 Å². The van der Waals surface area contributed by atoms with Crippen molar-refractivity contribution in [3.05, 3.63) is 198 Å². The molecule has 0 spiro atoms. The Kier molecular flexibility index (Phi) is 7.90. The molecule has 4 heterocycles. The molecule has 2 atom stereocenters. The molecule has 0 amide bonds. The minimum Gasteiger partial charge on any atom is -0.482 e. The summed E-state index contributed by atoms with van der Waals surface area (Å²) in [5, 5.41) is 8.06. The topological polar surface area (TPSA) is 86.7 Å². The van der Waals surface area contributed by atoms with Crippen LogP contribution >= 0.6 is 22.7 Å². The maximum absolute atomic E-state index is 13.9. The number of benzene rings is 6. The van der Waals surface area contributed by atoms with Gasteiger partial charge in [0.15, 0.2) is 23.1 Å². The lowest BCUT2D eigenvalue weighted by atomic mass is 9.70. The van der Waals surface area contributed by atoms with Crippen LogP contribution in [0.5, 0.6) is 11.5 Å². The predicted octanol–water partition coefficient (Wildman–Crippen LogP) is 14.3. The molecular formula is C60H38O6S2. The van der Waals surface area contributed by atoms with Crippen LogP contribution in [-0.2, 0) is 0 Å². The second-order valence-electron chi connectivity index (χ2n) is 19.7. The quantitative estimate of drug-likeness (QED) is 0.0975. The standard InChI is InChI=1S/C60H38O6S2/c1-59(2)49-23-37-22-46-50(60(3,4)66-52-28-40(68-58(46)52)26-48-55(63)43-19-35-15-31-11-7-8-12-32(31)16-36(35)20-44(43)56(48)64)24-38(37)21-45(49)57-51(65-59)27-39(67-57)25-47-53(61)41-17-33-13-29-9-5-6-10-30(29)14-34(33)18-42(41)54(47)62/h5-28,37-38H,1-4H3. The first-order valence-corrected chi connectivity index (χ1v) is 24.5. The van der Waals surface area contributed by atoms with Gasteiger partial charge >= 0.3 is 0 Å². The summed E-state index contributed by atoms with van der Waals surface area (Å²) in [4.78, 5) is 59.2. The van der Waals surface area contributed by atoms with Crippen LogP contribution in [0, 0.1) is 11.8 Å². The fourth-order valence-electron chi connectivity index (χ4n) is 11.3. The third-order valence-corrected chi connectivity index (χ3v) is 16.8. The van der Waals surface area contributed by atoms with Crippen molar-refractivity contribution >= 4 is 112 Å². The molecule has 2 unspecified atom stereocenters. The smallest absolute Gasteiger partial charge is 0.197 e. The predicted molar refractivity (Wildman–Crippen MR) is 273 cm³/mol. The number of ether oxygens (including phenoxy) is 2. The Bertz CT molecular complexity index is 3590. The second kappa shape index (κ2) is 13.6. The lowest BCUT2D eigenvalue weighted by molar-refractivity contribution is 0.0975. The van der Waals surface area contributed by atoms with Crippen molar-refractivity contribution < 1.29 is 28.7 Å². The maximum atomic E-state index is 13.9. The van der Waals surface area contributed by atoms with Gasteiger partial charge in [0.2, 0.25) is 0 Å². The van der Waals surface area contributed by atoms with Gasteiger partial charge in [0, 0.05) is 43.8 Å². The van der Waals surface area contributed by atoms with E-state index in [-0.39, 0.29) is 46.1 Å². The van der Waals surface area contributed by atoms with Crippen molar-refractivity contribution in [3.8, 4) is 11.5 Å². The van der Waals surface area contributed by atoms with Gasteiger partial charge in [-0.25, -0.2) is 0 Å². The molecular weight excluding hydrogens is 881 g/mol. The average molecular weight is 919 g/mol. The zero-order chi connectivity index (χ0) is 46.1.